The molecule has 1 atom stereocenters. The molecule has 0 aromatic heterocycles. The Morgan fingerprint density at radius 1 is 0.974 bits per heavy atom. The van der Waals surface area contributed by atoms with Crippen molar-refractivity contribution in [2.45, 2.75) is 45.6 Å². The molecule has 0 unspecified atom stereocenters. The summed E-state index contributed by atoms with van der Waals surface area (Å²) in [7, 11) is 1.60. The van der Waals surface area contributed by atoms with Crippen molar-refractivity contribution in [1.29, 1.82) is 0 Å². The Balaban J connectivity index is 1.53. The Labute approximate surface area is 223 Å². The van der Waals surface area contributed by atoms with E-state index in [2.05, 4.69) is 10.6 Å². The second kappa shape index (κ2) is 11.0. The highest BCUT2D eigenvalue weighted by atomic mass is 16.5. The molecule has 3 aromatic carbocycles. The molecule has 0 saturated heterocycles. The minimum absolute atomic E-state index is 0.0702. The smallest absolute Gasteiger partial charge is 0.254 e. The van der Waals surface area contributed by atoms with Crippen LogP contribution in [-0.4, -0.2) is 18.8 Å². The Morgan fingerprint density at radius 3 is 2.50 bits per heavy atom. The van der Waals surface area contributed by atoms with Crippen LogP contribution in [-0.2, 0) is 16.2 Å². The van der Waals surface area contributed by atoms with E-state index in [1.807, 2.05) is 86.6 Å². The van der Waals surface area contributed by atoms with Crippen LogP contribution >= 0.6 is 0 Å². The van der Waals surface area contributed by atoms with E-state index in [1.165, 1.54) is 0 Å². The molecule has 1 aliphatic heterocycles. The van der Waals surface area contributed by atoms with Gasteiger partial charge in [0.15, 0.2) is 17.3 Å². The fraction of sp³-hybridized carbons (Fsp3) is 0.250. The summed E-state index contributed by atoms with van der Waals surface area (Å²) < 4.78 is 11.8. The van der Waals surface area contributed by atoms with Crippen LogP contribution in [0.2, 0.25) is 0 Å². The third-order valence-electron chi connectivity index (χ3n) is 7.17. The maximum Gasteiger partial charge on any atom is 0.254 e. The summed E-state index contributed by atoms with van der Waals surface area (Å²) in [4.78, 5) is 27.0. The molecule has 38 heavy (non-hydrogen) atoms. The number of nitrogens with one attached hydrogen (secondary N) is 2. The topological polar surface area (TPSA) is 76.7 Å². The molecule has 0 fully saturated rings. The minimum atomic E-state index is -0.514. The van der Waals surface area contributed by atoms with Gasteiger partial charge in [-0.1, -0.05) is 54.6 Å². The van der Waals surface area contributed by atoms with E-state index in [-0.39, 0.29) is 11.7 Å². The second-order valence-corrected chi connectivity index (χ2v) is 9.72. The zero-order chi connectivity index (χ0) is 26.6. The van der Waals surface area contributed by atoms with Crippen molar-refractivity contribution in [2.24, 2.45) is 0 Å². The number of Topliss-reactive ketones (excluding diaryl/α,β-unsaturated/α-hetero) is 1. The zero-order valence-electron chi connectivity index (χ0n) is 22.0. The molecule has 1 amide bonds. The summed E-state index contributed by atoms with van der Waals surface area (Å²) in [5, 5.41) is 6.45. The predicted molar refractivity (Wildman–Crippen MR) is 148 cm³/mol. The van der Waals surface area contributed by atoms with Crippen LogP contribution < -0.4 is 20.1 Å². The van der Waals surface area contributed by atoms with Crippen molar-refractivity contribution in [3.63, 3.8) is 0 Å². The van der Waals surface area contributed by atoms with Crippen LogP contribution in [0.5, 0.6) is 11.5 Å². The molecular formula is C32H32N2O4. The fourth-order valence-electron chi connectivity index (χ4n) is 5.24. The summed E-state index contributed by atoms with van der Waals surface area (Å²) in [5.41, 5.74) is 6.42. The largest absolute Gasteiger partial charge is 0.493 e. The Bertz CT molecular complexity index is 1440. The highest BCUT2D eigenvalue weighted by Gasteiger charge is 2.38. The lowest BCUT2D eigenvalue weighted by Gasteiger charge is -2.34. The summed E-state index contributed by atoms with van der Waals surface area (Å²) in [6.45, 7) is 4.26. The number of aryl methyl sites for hydroxylation is 1. The lowest BCUT2D eigenvalue weighted by atomic mass is 9.75. The van der Waals surface area contributed by atoms with Gasteiger partial charge in [-0.15, -0.1) is 0 Å². The molecule has 6 heteroatoms. The first-order chi connectivity index (χ1) is 18.5. The van der Waals surface area contributed by atoms with Crippen LogP contribution in [0.3, 0.4) is 0 Å². The van der Waals surface area contributed by atoms with E-state index in [4.69, 9.17) is 9.47 Å². The fourth-order valence-corrected chi connectivity index (χ4v) is 5.24. The van der Waals surface area contributed by atoms with Gasteiger partial charge in [0.05, 0.1) is 7.11 Å². The number of anilines is 1. The van der Waals surface area contributed by atoms with Gasteiger partial charge < -0.3 is 20.1 Å². The molecule has 0 spiro atoms. The van der Waals surface area contributed by atoms with E-state index in [9.17, 15) is 9.59 Å². The minimum Gasteiger partial charge on any atom is -0.493 e. The molecule has 1 aliphatic carbocycles. The molecule has 2 N–H and O–H groups in total. The number of para-hydroxylation sites is 1. The number of methoxy groups -OCH3 is 1. The van der Waals surface area contributed by atoms with Crippen LogP contribution in [0.1, 0.15) is 48.8 Å². The number of hydrogen-bond acceptors (Lipinski definition) is 5. The van der Waals surface area contributed by atoms with Crippen LogP contribution in [0.4, 0.5) is 5.69 Å². The summed E-state index contributed by atoms with van der Waals surface area (Å²) in [6.07, 6.45) is 2.04. The highest BCUT2D eigenvalue weighted by molar-refractivity contribution is 6.10. The van der Waals surface area contributed by atoms with E-state index < -0.39 is 5.92 Å². The van der Waals surface area contributed by atoms with E-state index in [0.29, 0.717) is 35.7 Å². The number of ketones is 1. The summed E-state index contributed by atoms with van der Waals surface area (Å²) >= 11 is 0. The van der Waals surface area contributed by atoms with Gasteiger partial charge >= 0.3 is 0 Å². The number of amides is 1. The molecule has 194 valence electrons. The second-order valence-electron chi connectivity index (χ2n) is 9.72. The number of carbonyl (C=O) groups excluding carboxylic acids is 2. The number of benzene rings is 3. The monoisotopic (exact) mass is 508 g/mol. The van der Waals surface area contributed by atoms with Gasteiger partial charge in [0.1, 0.15) is 6.61 Å². The molecule has 0 radical (unpaired) electrons. The third-order valence-corrected chi connectivity index (χ3v) is 7.17. The maximum absolute atomic E-state index is 13.8. The summed E-state index contributed by atoms with van der Waals surface area (Å²) in [6, 6.07) is 23.3. The summed E-state index contributed by atoms with van der Waals surface area (Å²) in [5.74, 6) is 0.479. The van der Waals surface area contributed by atoms with Crippen molar-refractivity contribution in [3.8, 4) is 11.5 Å². The number of ether oxygens (including phenoxy) is 2. The molecule has 5 rings (SSSR count). The number of allylic oxidation sites excluding steroid dienone is 3. The van der Waals surface area contributed by atoms with Crippen LogP contribution in [0.15, 0.2) is 95.3 Å². The van der Waals surface area contributed by atoms with Gasteiger partial charge in [0.2, 0.25) is 0 Å². The lowest BCUT2D eigenvalue weighted by Crippen LogP contribution is -2.35. The van der Waals surface area contributed by atoms with E-state index in [1.54, 1.807) is 7.11 Å². The van der Waals surface area contributed by atoms with Gasteiger partial charge in [-0.05, 0) is 61.6 Å². The van der Waals surface area contributed by atoms with Crippen molar-refractivity contribution in [2.75, 3.05) is 12.4 Å². The first-order valence-corrected chi connectivity index (χ1v) is 12.9. The Hall–Kier alpha value is -4.32. The van der Waals surface area contributed by atoms with Gasteiger partial charge in [-0.3, -0.25) is 9.59 Å². The molecule has 6 nitrogen and oxygen atoms in total. The van der Waals surface area contributed by atoms with Crippen molar-refractivity contribution in [3.05, 3.63) is 112 Å². The molecule has 2 aliphatic rings. The first kappa shape index (κ1) is 25.3. The molecule has 0 bridgehead atoms. The highest BCUT2D eigenvalue weighted by Crippen LogP contribution is 2.44. The van der Waals surface area contributed by atoms with Crippen molar-refractivity contribution >= 4 is 17.4 Å². The number of hydrogen-bond donors (Lipinski definition) is 2. The normalized spacial score (nSPS) is 17.0. The molecule has 0 saturated carbocycles. The quantitative estimate of drug-likeness (QED) is 0.398. The number of carbonyl (C=O) groups is 2. The standard InChI is InChI=1S/C32H32N2O4/c1-20-10-7-8-13-24(20)34-32(36)29-21(2)33-25-14-9-15-26(35)31(25)30(29)23-16-17-27(28(18-23)37-3)38-19-22-11-5-4-6-12-22/h4-8,10-13,16-18,30,33H,9,14-15,19H2,1-3H3,(H,34,36)/t30-/m1/s1. The number of dihydropyridines is 1. The lowest BCUT2D eigenvalue weighted by molar-refractivity contribution is -0.116. The van der Waals surface area contributed by atoms with Gasteiger partial charge in [0, 0.05) is 40.6 Å². The average Bonchev–Trinajstić information content (AvgIpc) is 2.93. The number of rotatable bonds is 7. The van der Waals surface area contributed by atoms with Gasteiger partial charge in [-0.2, -0.15) is 0 Å². The maximum atomic E-state index is 13.8. The van der Waals surface area contributed by atoms with Crippen molar-refractivity contribution < 1.29 is 19.1 Å². The molecule has 1 heterocycles. The van der Waals surface area contributed by atoms with Crippen LogP contribution in [0.25, 0.3) is 0 Å². The third kappa shape index (κ3) is 5.07. The van der Waals surface area contributed by atoms with Crippen molar-refractivity contribution in [1.82, 2.24) is 5.32 Å². The van der Waals surface area contributed by atoms with Crippen LogP contribution in [0, 0.1) is 6.92 Å². The molecular weight excluding hydrogens is 476 g/mol. The Morgan fingerprint density at radius 2 is 1.74 bits per heavy atom. The Kier molecular flexibility index (Phi) is 7.31. The predicted octanol–water partition coefficient (Wildman–Crippen LogP) is 6.19. The molecule has 3 aromatic rings. The average molecular weight is 509 g/mol. The van der Waals surface area contributed by atoms with E-state index >= 15 is 0 Å². The first-order valence-electron chi connectivity index (χ1n) is 12.9. The SMILES string of the molecule is COc1cc([C@@H]2C(C(=O)Nc3ccccc3C)=C(C)NC3=C2C(=O)CCC3)ccc1OCc1ccccc1. The van der Waals surface area contributed by atoms with Gasteiger partial charge in [-0.25, -0.2) is 0 Å². The van der Waals surface area contributed by atoms with E-state index in [0.717, 1.165) is 46.6 Å². The van der Waals surface area contributed by atoms with Gasteiger partial charge in [0.25, 0.3) is 5.91 Å². The zero-order valence-corrected chi connectivity index (χ0v) is 22.0.